The molecule has 0 radical (unpaired) electrons. The van der Waals surface area contributed by atoms with Gasteiger partial charge in [0.1, 0.15) is 6.10 Å². The molecular formula is C7H14N2O. The molecule has 0 aromatic carbocycles. The first-order valence-electron chi connectivity index (χ1n) is 3.55. The van der Waals surface area contributed by atoms with Crippen molar-refractivity contribution in [3.05, 3.63) is 0 Å². The standard InChI is InChI=1S/C7H14N2O/c1-9(2)6-7-5-8-3-4-10-7/h5,7H,3-4,6H2,1-2H3. The monoisotopic (exact) mass is 142 g/mol. The summed E-state index contributed by atoms with van der Waals surface area (Å²) >= 11 is 0. The van der Waals surface area contributed by atoms with Crippen LogP contribution in [0.2, 0.25) is 0 Å². The Hall–Kier alpha value is -0.410. The third kappa shape index (κ3) is 2.45. The van der Waals surface area contributed by atoms with E-state index in [2.05, 4.69) is 9.89 Å². The Labute approximate surface area is 61.7 Å². The summed E-state index contributed by atoms with van der Waals surface area (Å²) in [6, 6.07) is 0. The van der Waals surface area contributed by atoms with Crippen molar-refractivity contribution < 1.29 is 4.74 Å². The van der Waals surface area contributed by atoms with Crippen LogP contribution in [0.4, 0.5) is 0 Å². The van der Waals surface area contributed by atoms with Crippen LogP contribution in [-0.2, 0) is 4.74 Å². The number of rotatable bonds is 2. The normalized spacial score (nSPS) is 25.7. The van der Waals surface area contributed by atoms with Crippen LogP contribution in [0.1, 0.15) is 0 Å². The van der Waals surface area contributed by atoms with Crippen LogP contribution in [-0.4, -0.2) is 51.0 Å². The highest BCUT2D eigenvalue weighted by atomic mass is 16.5. The first-order valence-corrected chi connectivity index (χ1v) is 3.55. The molecule has 1 aliphatic heterocycles. The summed E-state index contributed by atoms with van der Waals surface area (Å²) in [6.07, 6.45) is 2.10. The fourth-order valence-corrected chi connectivity index (χ4v) is 0.952. The maximum absolute atomic E-state index is 5.40. The van der Waals surface area contributed by atoms with Gasteiger partial charge in [-0.25, -0.2) is 0 Å². The quantitative estimate of drug-likeness (QED) is 0.543. The molecule has 3 heteroatoms. The topological polar surface area (TPSA) is 24.8 Å². The van der Waals surface area contributed by atoms with Crippen LogP contribution in [0, 0.1) is 0 Å². The molecule has 1 aliphatic rings. The van der Waals surface area contributed by atoms with Gasteiger partial charge in [0.05, 0.1) is 13.2 Å². The van der Waals surface area contributed by atoms with Gasteiger partial charge >= 0.3 is 0 Å². The van der Waals surface area contributed by atoms with E-state index >= 15 is 0 Å². The summed E-state index contributed by atoms with van der Waals surface area (Å²) in [5.41, 5.74) is 0. The van der Waals surface area contributed by atoms with Crippen LogP contribution in [0.5, 0.6) is 0 Å². The molecule has 0 aromatic rings. The van der Waals surface area contributed by atoms with E-state index in [1.165, 1.54) is 0 Å². The van der Waals surface area contributed by atoms with Crippen molar-refractivity contribution in [3.8, 4) is 0 Å². The lowest BCUT2D eigenvalue weighted by Crippen LogP contribution is -2.32. The molecule has 3 nitrogen and oxygen atoms in total. The summed E-state index contributed by atoms with van der Waals surface area (Å²) in [7, 11) is 4.07. The number of nitrogens with zero attached hydrogens (tertiary/aromatic N) is 2. The second-order valence-corrected chi connectivity index (χ2v) is 2.73. The van der Waals surface area contributed by atoms with Crippen LogP contribution >= 0.6 is 0 Å². The number of ether oxygens (including phenoxy) is 1. The van der Waals surface area contributed by atoms with Gasteiger partial charge in [0.25, 0.3) is 0 Å². The molecular weight excluding hydrogens is 128 g/mol. The van der Waals surface area contributed by atoms with E-state index in [1.807, 2.05) is 20.3 Å². The minimum Gasteiger partial charge on any atom is -0.369 e. The highest BCUT2D eigenvalue weighted by Crippen LogP contribution is 1.95. The molecule has 58 valence electrons. The lowest BCUT2D eigenvalue weighted by atomic mass is 10.3. The van der Waals surface area contributed by atoms with E-state index in [-0.39, 0.29) is 6.10 Å². The second-order valence-electron chi connectivity index (χ2n) is 2.73. The van der Waals surface area contributed by atoms with Crippen molar-refractivity contribution in [3.63, 3.8) is 0 Å². The van der Waals surface area contributed by atoms with Crippen molar-refractivity contribution in [1.82, 2.24) is 4.90 Å². The van der Waals surface area contributed by atoms with E-state index in [1.54, 1.807) is 0 Å². The first-order chi connectivity index (χ1) is 4.79. The number of aliphatic imine (C=N–C) groups is 1. The van der Waals surface area contributed by atoms with Crippen LogP contribution in [0.15, 0.2) is 4.99 Å². The lowest BCUT2D eigenvalue weighted by Gasteiger charge is -2.20. The molecule has 0 amide bonds. The van der Waals surface area contributed by atoms with Gasteiger partial charge in [0.15, 0.2) is 0 Å². The smallest absolute Gasteiger partial charge is 0.105 e. The predicted molar refractivity (Wildman–Crippen MR) is 41.7 cm³/mol. The summed E-state index contributed by atoms with van der Waals surface area (Å²) in [4.78, 5) is 6.23. The van der Waals surface area contributed by atoms with Crippen LogP contribution in [0.3, 0.4) is 0 Å². The molecule has 0 aromatic heterocycles. The zero-order valence-corrected chi connectivity index (χ0v) is 6.58. The van der Waals surface area contributed by atoms with Gasteiger partial charge in [-0.05, 0) is 14.1 Å². The molecule has 1 rings (SSSR count). The van der Waals surface area contributed by atoms with Gasteiger partial charge in [-0.15, -0.1) is 0 Å². The van der Waals surface area contributed by atoms with E-state index in [0.29, 0.717) is 0 Å². The highest BCUT2D eigenvalue weighted by molar-refractivity contribution is 5.63. The third-order valence-corrected chi connectivity index (χ3v) is 1.37. The zero-order valence-electron chi connectivity index (χ0n) is 6.58. The maximum Gasteiger partial charge on any atom is 0.105 e. The van der Waals surface area contributed by atoms with Crippen molar-refractivity contribution in [2.24, 2.45) is 4.99 Å². The maximum atomic E-state index is 5.40. The van der Waals surface area contributed by atoms with E-state index in [0.717, 1.165) is 19.7 Å². The number of likely N-dealkylation sites (N-methyl/N-ethyl adjacent to an activating group) is 1. The average Bonchev–Trinajstić information content (AvgIpc) is 1.88. The fourth-order valence-electron chi connectivity index (χ4n) is 0.952. The van der Waals surface area contributed by atoms with Crippen molar-refractivity contribution in [1.29, 1.82) is 0 Å². The molecule has 0 saturated heterocycles. The Morgan fingerprint density at radius 1 is 1.70 bits per heavy atom. The summed E-state index contributed by atoms with van der Waals surface area (Å²) in [5, 5.41) is 0. The predicted octanol–water partition coefficient (Wildman–Crippen LogP) is 0.0176. The lowest BCUT2D eigenvalue weighted by molar-refractivity contribution is 0.0801. The largest absolute Gasteiger partial charge is 0.369 e. The van der Waals surface area contributed by atoms with E-state index in [4.69, 9.17) is 4.74 Å². The average molecular weight is 142 g/mol. The van der Waals surface area contributed by atoms with Gasteiger partial charge in [0, 0.05) is 12.8 Å². The molecule has 1 unspecified atom stereocenters. The Kier molecular flexibility index (Phi) is 2.83. The summed E-state index contributed by atoms with van der Waals surface area (Å²) in [6.45, 7) is 2.53. The minimum absolute atomic E-state index is 0.212. The third-order valence-electron chi connectivity index (χ3n) is 1.37. The van der Waals surface area contributed by atoms with Crippen LogP contribution < -0.4 is 0 Å². The van der Waals surface area contributed by atoms with E-state index < -0.39 is 0 Å². The molecule has 1 heterocycles. The molecule has 0 spiro atoms. The van der Waals surface area contributed by atoms with Gasteiger partial charge in [0.2, 0.25) is 0 Å². The molecule has 0 fully saturated rings. The molecule has 1 atom stereocenters. The zero-order chi connectivity index (χ0) is 7.40. The molecule has 10 heavy (non-hydrogen) atoms. The molecule has 0 aliphatic carbocycles. The Bertz CT molecular complexity index is 123. The van der Waals surface area contributed by atoms with Crippen LogP contribution in [0.25, 0.3) is 0 Å². The van der Waals surface area contributed by atoms with Crippen molar-refractivity contribution in [2.45, 2.75) is 6.10 Å². The van der Waals surface area contributed by atoms with E-state index in [9.17, 15) is 0 Å². The first kappa shape index (κ1) is 7.69. The van der Waals surface area contributed by atoms with Gasteiger partial charge in [-0.1, -0.05) is 0 Å². The number of hydrogen-bond donors (Lipinski definition) is 0. The highest BCUT2D eigenvalue weighted by Gasteiger charge is 2.09. The fraction of sp³-hybridized carbons (Fsp3) is 0.857. The molecule has 0 bridgehead atoms. The minimum atomic E-state index is 0.212. The van der Waals surface area contributed by atoms with Gasteiger partial charge < -0.3 is 9.64 Å². The SMILES string of the molecule is CN(C)CC1C=NCCO1. The van der Waals surface area contributed by atoms with Crippen molar-refractivity contribution >= 4 is 6.21 Å². The molecule has 0 N–H and O–H groups in total. The summed E-state index contributed by atoms with van der Waals surface area (Å²) in [5.74, 6) is 0. The Morgan fingerprint density at radius 3 is 3.00 bits per heavy atom. The van der Waals surface area contributed by atoms with Gasteiger partial charge in [-0.2, -0.15) is 0 Å². The molecule has 0 saturated carbocycles. The number of hydrogen-bond acceptors (Lipinski definition) is 3. The Balaban J connectivity index is 2.26. The van der Waals surface area contributed by atoms with Gasteiger partial charge in [-0.3, -0.25) is 4.99 Å². The second kappa shape index (κ2) is 3.68. The van der Waals surface area contributed by atoms with Crippen molar-refractivity contribution in [2.75, 3.05) is 33.8 Å². The summed E-state index contributed by atoms with van der Waals surface area (Å²) < 4.78 is 5.40. The Morgan fingerprint density at radius 2 is 2.50 bits per heavy atom.